The molecule has 0 bridgehead atoms. The lowest BCUT2D eigenvalue weighted by molar-refractivity contribution is 0.0951. The Morgan fingerprint density at radius 1 is 1.14 bits per heavy atom. The molecule has 0 fully saturated rings. The third-order valence-corrected chi connectivity index (χ3v) is 5.01. The van der Waals surface area contributed by atoms with Gasteiger partial charge < -0.3 is 5.32 Å². The minimum Gasteiger partial charge on any atom is -0.352 e. The standard InChI is InChI=1S/C15H22BrN5O/c1-9-13(11(3)20(5)18-9)15(22)17-7-6-8-21-12(4)14(16)10(2)19-21/h6-8H2,1-5H3,(H,17,22). The zero-order chi connectivity index (χ0) is 16.4. The fourth-order valence-corrected chi connectivity index (χ4v) is 2.80. The van der Waals surface area contributed by atoms with Gasteiger partial charge in [-0.2, -0.15) is 10.2 Å². The Kier molecular flexibility index (Phi) is 5.05. The van der Waals surface area contributed by atoms with Crippen LogP contribution in [0.4, 0.5) is 0 Å². The van der Waals surface area contributed by atoms with E-state index >= 15 is 0 Å². The van der Waals surface area contributed by atoms with Gasteiger partial charge in [-0.05, 0) is 50.0 Å². The Balaban J connectivity index is 1.88. The molecule has 2 heterocycles. The average Bonchev–Trinajstić information content (AvgIpc) is 2.85. The minimum absolute atomic E-state index is 0.0577. The SMILES string of the molecule is Cc1nn(CCCNC(=O)c2c(C)nn(C)c2C)c(C)c1Br. The van der Waals surface area contributed by atoms with Crippen LogP contribution in [0.3, 0.4) is 0 Å². The Labute approximate surface area is 139 Å². The molecule has 120 valence electrons. The molecular formula is C15H22BrN5O. The molecule has 2 aromatic heterocycles. The molecule has 2 rings (SSSR count). The van der Waals surface area contributed by atoms with E-state index in [0.29, 0.717) is 12.1 Å². The van der Waals surface area contributed by atoms with E-state index in [0.717, 1.165) is 40.2 Å². The highest BCUT2D eigenvalue weighted by Crippen LogP contribution is 2.19. The number of carbonyl (C=O) groups excluding carboxylic acids is 1. The van der Waals surface area contributed by atoms with Crippen molar-refractivity contribution in [2.75, 3.05) is 6.54 Å². The van der Waals surface area contributed by atoms with Crippen LogP contribution < -0.4 is 5.32 Å². The van der Waals surface area contributed by atoms with Gasteiger partial charge >= 0.3 is 0 Å². The highest BCUT2D eigenvalue weighted by atomic mass is 79.9. The van der Waals surface area contributed by atoms with Gasteiger partial charge in [0.1, 0.15) is 0 Å². The second-order valence-corrected chi connectivity index (χ2v) is 6.28. The Hall–Kier alpha value is -1.63. The van der Waals surface area contributed by atoms with Crippen LogP contribution in [0.15, 0.2) is 4.47 Å². The summed E-state index contributed by atoms with van der Waals surface area (Å²) in [5, 5.41) is 11.7. The van der Waals surface area contributed by atoms with Crippen molar-refractivity contribution in [3.8, 4) is 0 Å². The van der Waals surface area contributed by atoms with Gasteiger partial charge in [0.05, 0.1) is 21.4 Å². The fraction of sp³-hybridized carbons (Fsp3) is 0.533. The number of hydrogen-bond donors (Lipinski definition) is 1. The number of aryl methyl sites for hydroxylation is 4. The molecule has 0 aliphatic heterocycles. The summed E-state index contributed by atoms with van der Waals surface area (Å²) >= 11 is 3.52. The van der Waals surface area contributed by atoms with Crippen LogP contribution in [0.5, 0.6) is 0 Å². The van der Waals surface area contributed by atoms with Gasteiger partial charge in [0.2, 0.25) is 0 Å². The van der Waals surface area contributed by atoms with E-state index in [-0.39, 0.29) is 5.91 Å². The zero-order valence-corrected chi connectivity index (χ0v) is 15.3. The van der Waals surface area contributed by atoms with E-state index in [1.165, 1.54) is 0 Å². The number of amides is 1. The summed E-state index contributed by atoms with van der Waals surface area (Å²) in [4.78, 5) is 12.2. The first-order valence-electron chi connectivity index (χ1n) is 7.30. The van der Waals surface area contributed by atoms with E-state index in [1.807, 2.05) is 39.4 Å². The van der Waals surface area contributed by atoms with Crippen molar-refractivity contribution in [1.82, 2.24) is 24.9 Å². The van der Waals surface area contributed by atoms with Gasteiger partial charge in [-0.1, -0.05) is 0 Å². The first-order valence-corrected chi connectivity index (χ1v) is 8.10. The van der Waals surface area contributed by atoms with Crippen molar-refractivity contribution in [2.45, 2.75) is 40.7 Å². The van der Waals surface area contributed by atoms with Crippen molar-refractivity contribution >= 4 is 21.8 Å². The third kappa shape index (κ3) is 3.24. The van der Waals surface area contributed by atoms with Gasteiger partial charge in [0, 0.05) is 31.5 Å². The van der Waals surface area contributed by atoms with Gasteiger partial charge in [-0.3, -0.25) is 14.2 Å². The molecule has 6 nitrogen and oxygen atoms in total. The second-order valence-electron chi connectivity index (χ2n) is 5.49. The largest absolute Gasteiger partial charge is 0.352 e. The summed E-state index contributed by atoms with van der Waals surface area (Å²) < 4.78 is 4.75. The molecule has 0 aromatic carbocycles. The maximum absolute atomic E-state index is 12.2. The van der Waals surface area contributed by atoms with E-state index in [9.17, 15) is 4.79 Å². The minimum atomic E-state index is -0.0577. The van der Waals surface area contributed by atoms with Crippen molar-refractivity contribution in [1.29, 1.82) is 0 Å². The lowest BCUT2D eigenvalue weighted by Gasteiger charge is -2.07. The molecular weight excluding hydrogens is 346 g/mol. The van der Waals surface area contributed by atoms with E-state index < -0.39 is 0 Å². The van der Waals surface area contributed by atoms with Gasteiger partial charge in [0.15, 0.2) is 0 Å². The molecule has 7 heteroatoms. The lowest BCUT2D eigenvalue weighted by Crippen LogP contribution is -2.26. The number of aromatic nitrogens is 4. The molecule has 22 heavy (non-hydrogen) atoms. The van der Waals surface area contributed by atoms with Gasteiger partial charge in [-0.15, -0.1) is 0 Å². The summed E-state index contributed by atoms with van der Waals surface area (Å²) in [6.45, 7) is 9.16. The lowest BCUT2D eigenvalue weighted by atomic mass is 10.2. The molecule has 0 unspecified atom stereocenters. The predicted octanol–water partition coefficient (Wildman–Crippen LogP) is 2.43. The highest BCUT2D eigenvalue weighted by molar-refractivity contribution is 9.10. The quantitative estimate of drug-likeness (QED) is 0.825. The maximum Gasteiger partial charge on any atom is 0.255 e. The van der Waals surface area contributed by atoms with Crippen LogP contribution in [0.1, 0.15) is 39.6 Å². The second kappa shape index (κ2) is 6.64. The third-order valence-electron chi connectivity index (χ3n) is 3.86. The number of carbonyl (C=O) groups is 1. The molecule has 0 atom stereocenters. The van der Waals surface area contributed by atoms with E-state index in [4.69, 9.17) is 0 Å². The van der Waals surface area contributed by atoms with Gasteiger partial charge in [0.25, 0.3) is 5.91 Å². The molecule has 0 saturated carbocycles. The van der Waals surface area contributed by atoms with Crippen LogP contribution >= 0.6 is 15.9 Å². The van der Waals surface area contributed by atoms with Gasteiger partial charge in [-0.25, -0.2) is 0 Å². The molecule has 1 N–H and O–H groups in total. The Bertz CT molecular complexity index is 701. The van der Waals surface area contributed by atoms with Crippen LogP contribution in [0.25, 0.3) is 0 Å². The van der Waals surface area contributed by atoms with Crippen LogP contribution in [-0.2, 0) is 13.6 Å². The molecule has 0 spiro atoms. The summed E-state index contributed by atoms with van der Waals surface area (Å²) in [5.74, 6) is -0.0577. The molecule has 0 aliphatic carbocycles. The van der Waals surface area contributed by atoms with Crippen LogP contribution in [-0.4, -0.2) is 32.0 Å². The molecule has 0 saturated heterocycles. The molecule has 0 aliphatic rings. The zero-order valence-electron chi connectivity index (χ0n) is 13.7. The Morgan fingerprint density at radius 2 is 1.82 bits per heavy atom. The van der Waals surface area contributed by atoms with Crippen LogP contribution in [0.2, 0.25) is 0 Å². The number of rotatable bonds is 5. The number of nitrogens with zero attached hydrogens (tertiary/aromatic N) is 4. The van der Waals surface area contributed by atoms with E-state index in [1.54, 1.807) is 4.68 Å². The van der Waals surface area contributed by atoms with Crippen molar-refractivity contribution in [3.63, 3.8) is 0 Å². The highest BCUT2D eigenvalue weighted by Gasteiger charge is 2.16. The average molecular weight is 368 g/mol. The molecule has 1 amide bonds. The topological polar surface area (TPSA) is 64.7 Å². The summed E-state index contributed by atoms with van der Waals surface area (Å²) in [6, 6.07) is 0. The van der Waals surface area contributed by atoms with E-state index in [2.05, 4.69) is 31.4 Å². The van der Waals surface area contributed by atoms with Crippen molar-refractivity contribution < 1.29 is 4.79 Å². The smallest absolute Gasteiger partial charge is 0.255 e. The maximum atomic E-state index is 12.2. The predicted molar refractivity (Wildman–Crippen MR) is 89.0 cm³/mol. The first kappa shape index (κ1) is 16.7. The monoisotopic (exact) mass is 367 g/mol. The normalized spacial score (nSPS) is 11.0. The summed E-state index contributed by atoms with van der Waals surface area (Å²) in [5.41, 5.74) is 4.43. The summed E-state index contributed by atoms with van der Waals surface area (Å²) in [7, 11) is 1.85. The number of nitrogens with one attached hydrogen (secondary N) is 1. The molecule has 0 radical (unpaired) electrons. The van der Waals surface area contributed by atoms with Crippen molar-refractivity contribution in [2.24, 2.45) is 7.05 Å². The summed E-state index contributed by atoms with van der Waals surface area (Å²) in [6.07, 6.45) is 0.832. The number of hydrogen-bond acceptors (Lipinski definition) is 3. The fourth-order valence-electron chi connectivity index (χ4n) is 2.51. The Morgan fingerprint density at radius 3 is 2.32 bits per heavy atom. The number of halogens is 1. The first-order chi connectivity index (χ1) is 10.3. The van der Waals surface area contributed by atoms with Crippen LogP contribution in [0, 0.1) is 27.7 Å². The van der Waals surface area contributed by atoms with Crippen molar-refractivity contribution in [3.05, 3.63) is 32.8 Å². The molecule has 2 aromatic rings.